The average Bonchev–Trinajstić information content (AvgIpc) is 3.59. The second kappa shape index (κ2) is 10.5. The Bertz CT molecular complexity index is 1430. The van der Waals surface area contributed by atoms with E-state index in [1.165, 1.54) is 17.8 Å². The summed E-state index contributed by atoms with van der Waals surface area (Å²) in [5.74, 6) is -0.286. The maximum Gasteiger partial charge on any atom is 0.416 e. The molecule has 2 aliphatic rings. The number of nitrogens with one attached hydrogen (secondary N) is 1. The molecule has 200 valence electrons. The van der Waals surface area contributed by atoms with Crippen molar-refractivity contribution < 1.29 is 22.7 Å². The number of methoxy groups -OCH3 is 1. The number of benzene rings is 2. The number of hydrogen-bond donors (Lipinski definition) is 1. The third kappa shape index (κ3) is 5.50. The van der Waals surface area contributed by atoms with Gasteiger partial charge in [0.25, 0.3) is 5.91 Å². The number of aromatic nitrogens is 2. The van der Waals surface area contributed by atoms with Crippen molar-refractivity contribution in [1.29, 1.82) is 0 Å². The van der Waals surface area contributed by atoms with Crippen molar-refractivity contribution in [1.82, 2.24) is 20.0 Å². The first-order valence-electron chi connectivity index (χ1n) is 12.2. The van der Waals surface area contributed by atoms with Gasteiger partial charge in [-0.3, -0.25) is 9.48 Å². The minimum atomic E-state index is -4.44. The van der Waals surface area contributed by atoms with Crippen LogP contribution >= 0.6 is 11.8 Å². The lowest BCUT2D eigenvalue weighted by molar-refractivity contribution is -0.138. The largest absolute Gasteiger partial charge is 0.416 e. The van der Waals surface area contributed by atoms with Crippen LogP contribution in [0.4, 0.5) is 13.2 Å². The Hall–Kier alpha value is -3.15. The number of nitrogens with zero attached hydrogens (tertiary/aromatic N) is 4. The Morgan fingerprint density at radius 1 is 1.26 bits per heavy atom. The fourth-order valence-corrected chi connectivity index (χ4v) is 5.80. The molecular weight excluding hydrogens is 515 g/mol. The molecule has 1 saturated heterocycles. The number of rotatable bonds is 6. The van der Waals surface area contributed by atoms with E-state index >= 15 is 0 Å². The second-order valence-corrected chi connectivity index (χ2v) is 10.7. The molecule has 0 aliphatic carbocycles. The van der Waals surface area contributed by atoms with Gasteiger partial charge in [-0.2, -0.15) is 23.3 Å². The van der Waals surface area contributed by atoms with Crippen molar-refractivity contribution in [3.63, 3.8) is 0 Å². The summed E-state index contributed by atoms with van der Waals surface area (Å²) in [7, 11) is 3.63. The summed E-state index contributed by atoms with van der Waals surface area (Å²) in [6, 6.07) is 10.4. The van der Waals surface area contributed by atoms with Crippen LogP contribution in [0.2, 0.25) is 0 Å². The summed E-state index contributed by atoms with van der Waals surface area (Å²) in [6.45, 7) is 3.08. The van der Waals surface area contributed by atoms with Crippen LogP contribution in [0.1, 0.15) is 28.7 Å². The van der Waals surface area contributed by atoms with Crippen LogP contribution in [0.15, 0.2) is 52.5 Å². The molecule has 1 aromatic heterocycles. The summed E-state index contributed by atoms with van der Waals surface area (Å²) >= 11 is 1.34. The van der Waals surface area contributed by atoms with Crippen LogP contribution < -0.4 is 5.32 Å². The molecule has 1 unspecified atom stereocenters. The summed E-state index contributed by atoms with van der Waals surface area (Å²) < 4.78 is 47.5. The molecule has 1 N–H and O–H groups in total. The summed E-state index contributed by atoms with van der Waals surface area (Å²) in [6.07, 6.45) is -0.118. The monoisotopic (exact) mass is 543 g/mol. The number of hydrogen-bond acceptors (Lipinski definition) is 6. The van der Waals surface area contributed by atoms with E-state index in [9.17, 15) is 18.0 Å². The molecule has 2 aromatic carbocycles. The number of ether oxygens (including phenoxy) is 1. The van der Waals surface area contributed by atoms with E-state index in [0.29, 0.717) is 27.8 Å². The van der Waals surface area contributed by atoms with Gasteiger partial charge in [-0.1, -0.05) is 23.8 Å². The predicted molar refractivity (Wildman–Crippen MR) is 143 cm³/mol. The van der Waals surface area contributed by atoms with Gasteiger partial charge in [-0.05, 0) is 60.5 Å². The number of thioether (sulfide) groups is 1. The van der Waals surface area contributed by atoms with Gasteiger partial charge in [-0.15, -0.1) is 0 Å². The fourth-order valence-electron chi connectivity index (χ4n) is 4.85. The minimum absolute atomic E-state index is 0.00179. The van der Waals surface area contributed by atoms with Gasteiger partial charge in [0.1, 0.15) is 0 Å². The van der Waals surface area contributed by atoms with E-state index in [-0.39, 0.29) is 30.1 Å². The van der Waals surface area contributed by atoms with E-state index in [4.69, 9.17) is 4.74 Å². The number of amidine groups is 1. The SMILES string of the molecule is COC[C@@H]1CC(N(C)C2=NC(=O)/C(=C/c3ccc4c(cnn4Cc4ccc(C)cc4C(F)(F)F)c3)S2)CN1. The van der Waals surface area contributed by atoms with Gasteiger partial charge in [-0.25, -0.2) is 0 Å². The highest BCUT2D eigenvalue weighted by Gasteiger charge is 2.34. The molecule has 3 heterocycles. The highest BCUT2D eigenvalue weighted by atomic mass is 32.2. The number of alkyl halides is 3. The fraction of sp³-hybridized carbons (Fsp3) is 0.370. The standard InChI is InChI=1S/C27H28F3N5O2S/c1-16-4-6-18(22(8-16)27(28,29)30)14-35-23-7-5-17(9-19(23)12-32-35)10-24-25(36)33-26(38-24)34(2)21-11-20(15-37-3)31-13-21/h4-10,12,20-21,31H,11,13-15H2,1-3H3/b24-10-/t20-,21?/m0/s1. The second-order valence-electron chi connectivity index (χ2n) is 9.65. The highest BCUT2D eigenvalue weighted by molar-refractivity contribution is 8.18. The van der Waals surface area contributed by atoms with Gasteiger partial charge in [0.2, 0.25) is 0 Å². The van der Waals surface area contributed by atoms with E-state index < -0.39 is 11.7 Å². The van der Waals surface area contributed by atoms with Crippen molar-refractivity contribution in [2.75, 3.05) is 27.3 Å². The Labute approximate surface area is 222 Å². The van der Waals surface area contributed by atoms with Gasteiger partial charge < -0.3 is 15.0 Å². The Morgan fingerprint density at radius 3 is 2.84 bits per heavy atom. The van der Waals surface area contributed by atoms with Crippen molar-refractivity contribution in [3.05, 3.63) is 69.8 Å². The Morgan fingerprint density at radius 2 is 2.08 bits per heavy atom. The Kier molecular flexibility index (Phi) is 7.34. The zero-order valence-corrected chi connectivity index (χ0v) is 22.1. The molecule has 2 aliphatic heterocycles. The lowest BCUT2D eigenvalue weighted by atomic mass is 10.0. The highest BCUT2D eigenvalue weighted by Crippen LogP contribution is 2.34. The molecule has 2 atom stereocenters. The zero-order valence-electron chi connectivity index (χ0n) is 21.2. The van der Waals surface area contributed by atoms with Crippen LogP contribution in [0.25, 0.3) is 17.0 Å². The Balaban J connectivity index is 1.31. The van der Waals surface area contributed by atoms with Crippen molar-refractivity contribution in [2.24, 2.45) is 4.99 Å². The number of carbonyl (C=O) groups excluding carboxylic acids is 1. The molecule has 0 saturated carbocycles. The third-order valence-electron chi connectivity index (χ3n) is 6.88. The molecule has 5 rings (SSSR count). The first-order chi connectivity index (χ1) is 18.1. The lowest BCUT2D eigenvalue weighted by Gasteiger charge is -2.24. The van der Waals surface area contributed by atoms with Crippen LogP contribution in [0.5, 0.6) is 0 Å². The molecule has 1 amide bonds. The average molecular weight is 544 g/mol. The molecule has 0 spiro atoms. The van der Waals surface area contributed by atoms with Crippen LogP contribution in [-0.2, 0) is 22.3 Å². The van der Waals surface area contributed by atoms with Crippen molar-refractivity contribution >= 4 is 39.8 Å². The molecule has 11 heteroatoms. The molecule has 3 aromatic rings. The minimum Gasteiger partial charge on any atom is -0.383 e. The summed E-state index contributed by atoms with van der Waals surface area (Å²) in [5.41, 5.74) is 1.56. The molecule has 7 nitrogen and oxygen atoms in total. The maximum absolute atomic E-state index is 13.6. The molecule has 0 radical (unpaired) electrons. The van der Waals surface area contributed by atoms with Gasteiger partial charge in [0.15, 0.2) is 5.17 Å². The molecule has 38 heavy (non-hydrogen) atoms. The van der Waals surface area contributed by atoms with Crippen LogP contribution in [-0.4, -0.2) is 65.1 Å². The predicted octanol–water partition coefficient (Wildman–Crippen LogP) is 4.69. The number of likely N-dealkylation sites (N-methyl/N-ethyl adjacent to an activating group) is 1. The molecule has 1 fully saturated rings. The van der Waals surface area contributed by atoms with Gasteiger partial charge in [0.05, 0.1) is 35.3 Å². The number of carbonyl (C=O) groups is 1. The number of amides is 1. The van der Waals surface area contributed by atoms with E-state index in [0.717, 1.165) is 30.0 Å². The van der Waals surface area contributed by atoms with Crippen molar-refractivity contribution in [3.8, 4) is 0 Å². The molecular formula is C27H28F3N5O2S. The summed E-state index contributed by atoms with van der Waals surface area (Å²) in [4.78, 5) is 19.5. The van der Waals surface area contributed by atoms with Gasteiger partial charge in [0, 0.05) is 38.2 Å². The number of halogens is 3. The maximum atomic E-state index is 13.6. The topological polar surface area (TPSA) is 71.8 Å². The smallest absolute Gasteiger partial charge is 0.383 e. The number of fused-ring (bicyclic) bond motifs is 1. The number of aliphatic imine (C=N–C) groups is 1. The third-order valence-corrected chi connectivity index (χ3v) is 7.95. The summed E-state index contributed by atoms with van der Waals surface area (Å²) in [5, 5.41) is 9.20. The quantitative estimate of drug-likeness (QED) is 0.455. The normalized spacial score (nSPS) is 21.1. The lowest BCUT2D eigenvalue weighted by Crippen LogP contribution is -2.36. The van der Waals surface area contributed by atoms with Gasteiger partial charge >= 0.3 is 6.18 Å². The van der Waals surface area contributed by atoms with E-state index in [2.05, 4.69) is 15.4 Å². The number of aryl methyl sites for hydroxylation is 1. The van der Waals surface area contributed by atoms with Crippen LogP contribution in [0.3, 0.4) is 0 Å². The van der Waals surface area contributed by atoms with Crippen LogP contribution in [0, 0.1) is 6.92 Å². The molecule has 0 bridgehead atoms. The van der Waals surface area contributed by atoms with E-state index in [1.54, 1.807) is 37.1 Å². The zero-order chi connectivity index (χ0) is 27.0. The van der Waals surface area contributed by atoms with Crippen molar-refractivity contribution in [2.45, 2.75) is 38.1 Å². The van der Waals surface area contributed by atoms with E-state index in [1.807, 2.05) is 30.1 Å². The first-order valence-corrected chi connectivity index (χ1v) is 13.0. The first kappa shape index (κ1) is 26.5.